The molecule has 110 valence electrons. The molecule has 0 aromatic heterocycles. The summed E-state index contributed by atoms with van der Waals surface area (Å²) in [5.74, 6) is 0.689. The number of hydrogen-bond acceptors (Lipinski definition) is 4. The lowest BCUT2D eigenvalue weighted by atomic mass is 9.89. The van der Waals surface area contributed by atoms with Gasteiger partial charge in [-0.05, 0) is 30.5 Å². The highest BCUT2D eigenvalue weighted by Crippen LogP contribution is 2.39. The van der Waals surface area contributed by atoms with E-state index in [4.69, 9.17) is 22.1 Å². The highest BCUT2D eigenvalue weighted by molar-refractivity contribution is 7.92. The summed E-state index contributed by atoms with van der Waals surface area (Å²) < 4.78 is 27.8. The van der Waals surface area contributed by atoms with Crippen molar-refractivity contribution < 1.29 is 13.2 Å². The average Bonchev–Trinajstić information content (AvgIpc) is 2.77. The number of rotatable bonds is 3. The molecule has 1 heterocycles. The van der Waals surface area contributed by atoms with Gasteiger partial charge in [0.05, 0.1) is 16.5 Å². The molecule has 2 fully saturated rings. The predicted octanol–water partition coefficient (Wildman–Crippen LogP) is 2.24. The Morgan fingerprint density at radius 2 is 1.90 bits per heavy atom. The second-order valence-electron chi connectivity index (χ2n) is 5.83. The van der Waals surface area contributed by atoms with Crippen molar-refractivity contribution >= 4 is 21.4 Å². The van der Waals surface area contributed by atoms with Gasteiger partial charge in [0.15, 0.2) is 9.84 Å². The molecule has 0 bridgehead atoms. The SMILES string of the molecule is NC1(c2ccc(OC3CS(=O)(=O)C3)c(Cl)c2)CCCC1. The summed E-state index contributed by atoms with van der Waals surface area (Å²) in [5.41, 5.74) is 7.15. The molecule has 0 spiro atoms. The number of halogens is 1. The van der Waals surface area contributed by atoms with Gasteiger partial charge in [-0.3, -0.25) is 0 Å². The van der Waals surface area contributed by atoms with Crippen molar-refractivity contribution in [1.29, 1.82) is 0 Å². The summed E-state index contributed by atoms with van der Waals surface area (Å²) in [4.78, 5) is 0. The maximum Gasteiger partial charge on any atom is 0.157 e. The average molecular weight is 316 g/mol. The fourth-order valence-corrected chi connectivity index (χ4v) is 4.36. The topological polar surface area (TPSA) is 69.4 Å². The summed E-state index contributed by atoms with van der Waals surface area (Å²) in [7, 11) is -2.88. The minimum absolute atomic E-state index is 0.0753. The zero-order valence-electron chi connectivity index (χ0n) is 11.1. The van der Waals surface area contributed by atoms with E-state index in [9.17, 15) is 8.42 Å². The molecule has 1 aromatic rings. The van der Waals surface area contributed by atoms with Crippen molar-refractivity contribution in [2.75, 3.05) is 11.5 Å². The van der Waals surface area contributed by atoms with Gasteiger partial charge in [-0.2, -0.15) is 0 Å². The van der Waals surface area contributed by atoms with Crippen molar-refractivity contribution in [1.82, 2.24) is 0 Å². The summed E-state index contributed by atoms with van der Waals surface area (Å²) in [6.07, 6.45) is 3.97. The zero-order chi connectivity index (χ0) is 14.4. The Morgan fingerprint density at radius 3 is 2.45 bits per heavy atom. The van der Waals surface area contributed by atoms with Crippen LogP contribution in [-0.4, -0.2) is 26.0 Å². The summed E-state index contributed by atoms with van der Waals surface area (Å²) in [5, 5.41) is 0.503. The molecule has 1 saturated carbocycles. The normalized spacial score (nSPS) is 24.3. The van der Waals surface area contributed by atoms with E-state index in [1.54, 1.807) is 6.07 Å². The fraction of sp³-hybridized carbons (Fsp3) is 0.571. The van der Waals surface area contributed by atoms with Crippen molar-refractivity contribution in [3.05, 3.63) is 28.8 Å². The van der Waals surface area contributed by atoms with Crippen molar-refractivity contribution in [3.63, 3.8) is 0 Å². The quantitative estimate of drug-likeness (QED) is 0.928. The molecule has 4 nitrogen and oxygen atoms in total. The third kappa shape index (κ3) is 2.67. The monoisotopic (exact) mass is 315 g/mol. The second-order valence-corrected chi connectivity index (χ2v) is 8.39. The van der Waals surface area contributed by atoms with Gasteiger partial charge in [-0.15, -0.1) is 0 Å². The van der Waals surface area contributed by atoms with Crippen LogP contribution in [-0.2, 0) is 15.4 Å². The standard InChI is InChI=1S/C14H18ClNO3S/c15-12-7-10(14(16)5-1-2-6-14)3-4-13(12)19-11-8-20(17,18)9-11/h3-4,7,11H,1-2,5-6,8-9,16H2. The maximum atomic E-state index is 11.1. The molecule has 0 unspecified atom stereocenters. The second kappa shape index (κ2) is 4.90. The van der Waals surface area contributed by atoms with Gasteiger partial charge in [-0.25, -0.2) is 8.42 Å². The van der Waals surface area contributed by atoms with Crippen LogP contribution in [0.1, 0.15) is 31.2 Å². The molecule has 2 N–H and O–H groups in total. The van der Waals surface area contributed by atoms with Gasteiger partial charge >= 0.3 is 0 Å². The molecular formula is C14H18ClNO3S. The predicted molar refractivity (Wildman–Crippen MR) is 78.9 cm³/mol. The van der Waals surface area contributed by atoms with Gasteiger partial charge < -0.3 is 10.5 Å². The summed E-state index contributed by atoms with van der Waals surface area (Å²) in [6, 6.07) is 5.60. The fourth-order valence-electron chi connectivity index (χ4n) is 2.97. The molecule has 0 amide bonds. The number of sulfone groups is 1. The van der Waals surface area contributed by atoms with E-state index >= 15 is 0 Å². The number of hydrogen-bond donors (Lipinski definition) is 1. The Morgan fingerprint density at radius 1 is 1.25 bits per heavy atom. The van der Waals surface area contributed by atoms with E-state index < -0.39 is 9.84 Å². The summed E-state index contributed by atoms with van der Waals surface area (Å²) in [6.45, 7) is 0. The first-order valence-corrected chi connectivity index (χ1v) is 9.04. The Labute approximate surface area is 124 Å². The molecule has 2 aliphatic rings. The Bertz CT molecular complexity index is 611. The van der Waals surface area contributed by atoms with Gasteiger partial charge in [-0.1, -0.05) is 30.5 Å². The third-order valence-electron chi connectivity index (χ3n) is 4.18. The van der Waals surface area contributed by atoms with Gasteiger partial charge in [0.2, 0.25) is 0 Å². The molecule has 1 aliphatic heterocycles. The van der Waals surface area contributed by atoms with Crippen LogP contribution in [0, 0.1) is 0 Å². The van der Waals surface area contributed by atoms with Crippen LogP contribution in [0.25, 0.3) is 0 Å². The largest absolute Gasteiger partial charge is 0.487 e. The molecule has 20 heavy (non-hydrogen) atoms. The van der Waals surface area contributed by atoms with Crippen molar-refractivity contribution in [3.8, 4) is 5.75 Å². The minimum atomic E-state index is -2.88. The molecule has 0 atom stereocenters. The lowest BCUT2D eigenvalue weighted by Crippen LogP contribution is -2.45. The van der Waals surface area contributed by atoms with Crippen LogP contribution in [0.2, 0.25) is 5.02 Å². The van der Waals surface area contributed by atoms with Crippen LogP contribution in [0.15, 0.2) is 18.2 Å². The third-order valence-corrected chi connectivity index (χ3v) is 6.23. The molecule has 3 rings (SSSR count). The zero-order valence-corrected chi connectivity index (χ0v) is 12.7. The van der Waals surface area contributed by atoms with Crippen LogP contribution < -0.4 is 10.5 Å². The Kier molecular flexibility index (Phi) is 3.47. The van der Waals surface area contributed by atoms with E-state index in [0.29, 0.717) is 10.8 Å². The highest BCUT2D eigenvalue weighted by Gasteiger charge is 2.36. The highest BCUT2D eigenvalue weighted by atomic mass is 35.5. The number of ether oxygens (including phenoxy) is 1. The van der Waals surface area contributed by atoms with Crippen LogP contribution in [0.4, 0.5) is 0 Å². The lowest BCUT2D eigenvalue weighted by Gasteiger charge is -2.28. The van der Waals surface area contributed by atoms with Crippen LogP contribution in [0.5, 0.6) is 5.75 Å². The molecule has 6 heteroatoms. The Balaban J connectivity index is 1.75. The molecule has 1 saturated heterocycles. The van der Waals surface area contributed by atoms with Crippen LogP contribution >= 0.6 is 11.6 Å². The number of nitrogens with two attached hydrogens (primary N) is 1. The van der Waals surface area contributed by atoms with Crippen molar-refractivity contribution in [2.45, 2.75) is 37.3 Å². The molecular weight excluding hydrogens is 298 g/mol. The number of benzene rings is 1. The minimum Gasteiger partial charge on any atom is -0.487 e. The molecule has 0 radical (unpaired) electrons. The van der Waals surface area contributed by atoms with Gasteiger partial charge in [0, 0.05) is 5.54 Å². The van der Waals surface area contributed by atoms with Crippen molar-refractivity contribution in [2.24, 2.45) is 5.73 Å². The first kappa shape index (κ1) is 14.2. The first-order chi connectivity index (χ1) is 9.38. The van der Waals surface area contributed by atoms with Gasteiger partial charge in [0.25, 0.3) is 0 Å². The van der Waals surface area contributed by atoms with E-state index in [1.165, 1.54) is 0 Å². The van der Waals surface area contributed by atoms with E-state index in [2.05, 4.69) is 0 Å². The van der Waals surface area contributed by atoms with Gasteiger partial charge in [0.1, 0.15) is 11.9 Å². The summed E-state index contributed by atoms with van der Waals surface area (Å²) >= 11 is 6.24. The van der Waals surface area contributed by atoms with Crippen LogP contribution in [0.3, 0.4) is 0 Å². The van der Waals surface area contributed by atoms with E-state index in [-0.39, 0.29) is 23.1 Å². The first-order valence-electron chi connectivity index (χ1n) is 6.84. The smallest absolute Gasteiger partial charge is 0.157 e. The Hall–Kier alpha value is -0.780. The molecule has 1 aromatic carbocycles. The molecule has 1 aliphatic carbocycles. The van der Waals surface area contributed by atoms with E-state index in [1.807, 2.05) is 12.1 Å². The lowest BCUT2D eigenvalue weighted by molar-refractivity contribution is 0.230. The maximum absolute atomic E-state index is 11.1. The van der Waals surface area contributed by atoms with E-state index in [0.717, 1.165) is 31.2 Å².